The summed E-state index contributed by atoms with van der Waals surface area (Å²) in [5.41, 5.74) is 6.87. The predicted octanol–water partition coefficient (Wildman–Crippen LogP) is 9.09. The van der Waals surface area contributed by atoms with Crippen LogP contribution in [0.4, 0.5) is 22.1 Å². The molecular formula is C36H29N5O2S2. The molecule has 7 nitrogen and oxygen atoms in total. The minimum absolute atomic E-state index is 0.0476. The van der Waals surface area contributed by atoms with E-state index in [1.54, 1.807) is 17.5 Å². The average Bonchev–Trinajstić information content (AvgIpc) is 3.77. The van der Waals surface area contributed by atoms with E-state index in [0.29, 0.717) is 22.4 Å². The molecule has 2 fully saturated rings. The highest BCUT2D eigenvalue weighted by molar-refractivity contribution is 7.21. The number of hydrogen-bond donors (Lipinski definition) is 0. The van der Waals surface area contributed by atoms with Gasteiger partial charge in [0.05, 0.1) is 22.8 Å². The van der Waals surface area contributed by atoms with Gasteiger partial charge < -0.3 is 4.90 Å². The van der Waals surface area contributed by atoms with Gasteiger partial charge in [0, 0.05) is 34.0 Å². The number of carbonyl (C=O) groups excluding carboxylic acids is 2. The molecule has 2 aliphatic carbocycles. The molecule has 3 heterocycles. The van der Waals surface area contributed by atoms with Gasteiger partial charge in [-0.25, -0.2) is 4.99 Å². The van der Waals surface area contributed by atoms with E-state index >= 15 is 0 Å². The second kappa shape index (κ2) is 11.1. The summed E-state index contributed by atoms with van der Waals surface area (Å²) in [4.78, 5) is 39.2. The van der Waals surface area contributed by atoms with Crippen molar-refractivity contribution in [2.45, 2.75) is 39.5 Å². The van der Waals surface area contributed by atoms with Crippen molar-refractivity contribution in [3.63, 3.8) is 0 Å². The first-order chi connectivity index (χ1) is 22.0. The maximum atomic E-state index is 13.2. The number of hydrogen-bond acceptors (Lipinski definition) is 9. The lowest BCUT2D eigenvalue weighted by Crippen LogP contribution is -2.21. The van der Waals surface area contributed by atoms with Crippen LogP contribution < -0.4 is 4.90 Å². The molecule has 8 rings (SSSR count). The summed E-state index contributed by atoms with van der Waals surface area (Å²) in [5, 5.41) is 3.24. The van der Waals surface area contributed by atoms with Crippen LogP contribution >= 0.6 is 23.1 Å². The predicted molar refractivity (Wildman–Crippen MR) is 183 cm³/mol. The van der Waals surface area contributed by atoms with Crippen LogP contribution in [0.5, 0.6) is 0 Å². The van der Waals surface area contributed by atoms with Crippen LogP contribution in [0, 0.1) is 25.7 Å². The fourth-order valence-electron chi connectivity index (χ4n) is 6.66. The van der Waals surface area contributed by atoms with Crippen LogP contribution in [0.25, 0.3) is 32.4 Å². The molecule has 2 saturated carbocycles. The molecule has 222 valence electrons. The van der Waals surface area contributed by atoms with Crippen LogP contribution in [-0.2, 0) is 9.59 Å². The largest absolute Gasteiger partial charge is 0.301 e. The van der Waals surface area contributed by atoms with Crippen molar-refractivity contribution in [1.82, 2.24) is 13.7 Å². The first-order valence-electron chi connectivity index (χ1n) is 15.2. The molecule has 0 bridgehead atoms. The Kier molecular flexibility index (Phi) is 6.88. The van der Waals surface area contributed by atoms with Crippen molar-refractivity contribution < 1.29 is 9.59 Å². The number of rotatable bonds is 5. The van der Waals surface area contributed by atoms with Gasteiger partial charge >= 0.3 is 0 Å². The lowest BCUT2D eigenvalue weighted by Gasteiger charge is -2.24. The Bertz CT molecular complexity index is 2080. The summed E-state index contributed by atoms with van der Waals surface area (Å²) in [6.45, 7) is 4.19. The maximum Gasteiger partial charge on any atom is 0.188 e. The van der Waals surface area contributed by atoms with E-state index in [9.17, 15) is 9.59 Å². The van der Waals surface area contributed by atoms with E-state index < -0.39 is 0 Å². The van der Waals surface area contributed by atoms with Crippen molar-refractivity contribution in [2.75, 3.05) is 4.90 Å². The monoisotopic (exact) mass is 627 g/mol. The summed E-state index contributed by atoms with van der Waals surface area (Å²) in [6.07, 6.45) is 5.11. The molecule has 0 N–H and O–H groups in total. The molecule has 3 aromatic heterocycles. The van der Waals surface area contributed by atoms with Gasteiger partial charge in [0.25, 0.3) is 0 Å². The fourth-order valence-corrected chi connectivity index (χ4v) is 8.53. The third-order valence-corrected chi connectivity index (χ3v) is 10.8. The van der Waals surface area contributed by atoms with E-state index in [0.717, 1.165) is 69.4 Å². The number of benzene rings is 3. The second-order valence-electron chi connectivity index (χ2n) is 11.9. The number of ketones is 2. The quantitative estimate of drug-likeness (QED) is 0.189. The van der Waals surface area contributed by atoms with Gasteiger partial charge in [0.1, 0.15) is 27.4 Å². The number of pyridine rings is 1. The van der Waals surface area contributed by atoms with E-state index in [1.165, 1.54) is 11.1 Å². The van der Waals surface area contributed by atoms with Gasteiger partial charge in [-0.05, 0) is 51.0 Å². The Morgan fingerprint density at radius 3 is 1.96 bits per heavy atom. The smallest absolute Gasteiger partial charge is 0.188 e. The van der Waals surface area contributed by atoms with Crippen molar-refractivity contribution in [3.05, 3.63) is 90.1 Å². The van der Waals surface area contributed by atoms with Crippen molar-refractivity contribution in [1.29, 1.82) is 0 Å². The lowest BCUT2D eigenvalue weighted by atomic mass is 9.81. The number of aromatic nitrogens is 3. The second-order valence-corrected chi connectivity index (χ2v) is 13.5. The summed E-state index contributed by atoms with van der Waals surface area (Å²) < 4.78 is 9.24. The Hall–Kier alpha value is -4.60. The van der Waals surface area contributed by atoms with Gasteiger partial charge in [-0.15, -0.1) is 11.3 Å². The van der Waals surface area contributed by atoms with Gasteiger partial charge in [-0.3, -0.25) is 14.6 Å². The average molecular weight is 628 g/mol. The van der Waals surface area contributed by atoms with Crippen LogP contribution in [-0.4, -0.2) is 31.0 Å². The van der Waals surface area contributed by atoms with Crippen LogP contribution in [0.2, 0.25) is 0 Å². The number of aryl methyl sites for hydroxylation is 2. The number of nitrogens with zero attached hydrogens (tertiary/aromatic N) is 5. The van der Waals surface area contributed by atoms with Crippen LogP contribution in [0.15, 0.2) is 84.0 Å². The van der Waals surface area contributed by atoms with Gasteiger partial charge in [0.2, 0.25) is 0 Å². The van der Waals surface area contributed by atoms with E-state index in [2.05, 4.69) is 99.2 Å². The summed E-state index contributed by atoms with van der Waals surface area (Å²) in [7, 11) is 0. The van der Waals surface area contributed by atoms with Crippen LogP contribution in [0.1, 0.15) is 36.8 Å². The van der Waals surface area contributed by atoms with Crippen molar-refractivity contribution >= 4 is 84.2 Å². The zero-order valence-electron chi connectivity index (χ0n) is 24.9. The molecule has 0 amide bonds. The molecule has 0 aliphatic heterocycles. The number of carbonyl (C=O) groups is 2. The molecule has 2 unspecified atom stereocenters. The molecule has 2 aliphatic rings. The highest BCUT2D eigenvalue weighted by atomic mass is 32.1. The molecule has 0 saturated heterocycles. The van der Waals surface area contributed by atoms with Crippen molar-refractivity contribution in [3.8, 4) is 10.6 Å². The normalized spacial score (nSPS) is 18.1. The number of anilines is 3. The summed E-state index contributed by atoms with van der Waals surface area (Å²) in [5.74, 6) is -0.734. The zero-order chi connectivity index (χ0) is 30.7. The molecule has 9 heteroatoms. The van der Waals surface area contributed by atoms with E-state index in [4.69, 9.17) is 4.98 Å². The first-order valence-corrected chi connectivity index (χ1v) is 16.8. The fraction of sp³-hybridized carbons (Fsp3) is 0.222. The van der Waals surface area contributed by atoms with E-state index in [1.807, 2.05) is 6.07 Å². The number of aliphatic imine (C=N–C) groups is 1. The van der Waals surface area contributed by atoms with Crippen molar-refractivity contribution in [2.24, 2.45) is 16.8 Å². The third kappa shape index (κ3) is 4.69. The Labute approximate surface area is 268 Å². The standard InChI is InChI=1S/C36H29N5O2S2/c1-20-11-15-22(16-12-20)41(23-17-13-21(2)14-18-23)36-27-10-6-5-9-26(27)35(44-36)31-30-29(39-45-40-30)28(19-37-31)38-32-33(42)24-7-3-4-8-25(24)34(32)43/h5-6,9-19,24-25H,3-4,7-8H2,1-2H3. The van der Waals surface area contributed by atoms with Gasteiger partial charge in [-0.2, -0.15) is 8.75 Å². The Balaban J connectivity index is 1.28. The molecule has 0 radical (unpaired) electrons. The summed E-state index contributed by atoms with van der Waals surface area (Å²) >= 11 is 2.75. The third-order valence-electron chi connectivity index (χ3n) is 9.01. The molecule has 2 atom stereocenters. The first kappa shape index (κ1) is 27.9. The Morgan fingerprint density at radius 2 is 1.33 bits per heavy atom. The van der Waals surface area contributed by atoms with Gasteiger partial charge in [0.15, 0.2) is 17.3 Å². The number of thiophene rings is 1. The Morgan fingerprint density at radius 1 is 0.756 bits per heavy atom. The molecule has 0 spiro atoms. The number of fused-ring (bicyclic) bond motifs is 3. The number of Topliss-reactive ketones (excluding diaryl/α,β-unsaturated/α-hetero) is 2. The zero-order valence-corrected chi connectivity index (χ0v) is 26.5. The minimum atomic E-state index is -0.234. The molecule has 3 aromatic carbocycles. The molecular weight excluding hydrogens is 599 g/mol. The van der Waals surface area contributed by atoms with Gasteiger partial charge in [-0.1, -0.05) is 72.5 Å². The molecule has 45 heavy (non-hydrogen) atoms. The van der Waals surface area contributed by atoms with Crippen LogP contribution in [0.3, 0.4) is 0 Å². The highest BCUT2D eigenvalue weighted by Crippen LogP contribution is 2.50. The highest BCUT2D eigenvalue weighted by Gasteiger charge is 2.47. The molecule has 6 aromatic rings. The lowest BCUT2D eigenvalue weighted by molar-refractivity contribution is -0.120. The summed E-state index contributed by atoms with van der Waals surface area (Å²) in [6, 6.07) is 25.5. The minimum Gasteiger partial charge on any atom is -0.301 e. The SMILES string of the molecule is Cc1ccc(N(c2ccc(C)cc2)c2sc(-c3ncc(N=C4C(=O)C5CCCCC5C4=O)c4nsnc34)c3ccccc23)cc1. The van der Waals surface area contributed by atoms with E-state index in [-0.39, 0.29) is 29.1 Å². The topological polar surface area (TPSA) is 88.4 Å². The maximum absolute atomic E-state index is 13.2.